The number of pyridine rings is 1. The minimum absolute atomic E-state index is 0.0977. The highest BCUT2D eigenvalue weighted by Gasteiger charge is 2.35. The molecule has 1 N–H and O–H groups in total. The molecule has 3 aliphatic rings. The number of aromatic nitrogens is 3. The summed E-state index contributed by atoms with van der Waals surface area (Å²) in [6, 6.07) is 9.97. The monoisotopic (exact) mass is 361 g/mol. The molecule has 3 saturated heterocycles. The molecule has 0 unspecified atom stereocenters. The highest BCUT2D eigenvalue weighted by molar-refractivity contribution is 5.78. The smallest absolute Gasteiger partial charge is 0.189 e. The van der Waals surface area contributed by atoms with Crippen molar-refractivity contribution in [2.24, 2.45) is 5.92 Å². The van der Waals surface area contributed by atoms with E-state index in [2.05, 4.69) is 24.8 Å². The first-order chi connectivity index (χ1) is 13.3. The summed E-state index contributed by atoms with van der Waals surface area (Å²) in [6.07, 6.45) is 7.79. The Balaban J connectivity index is 1.40. The Labute approximate surface area is 157 Å². The first-order valence-electron chi connectivity index (χ1n) is 9.62. The van der Waals surface area contributed by atoms with Crippen LogP contribution in [0.5, 0.6) is 0 Å². The number of fused-ring (bicyclic) bond motifs is 5. The number of hydrogen-bond acceptors (Lipinski definition) is 5. The lowest BCUT2D eigenvalue weighted by atomic mass is 9.95. The van der Waals surface area contributed by atoms with Crippen LogP contribution in [0.3, 0.4) is 0 Å². The van der Waals surface area contributed by atoms with Crippen LogP contribution in [0.15, 0.2) is 53.7 Å². The molecule has 0 saturated carbocycles. The maximum atomic E-state index is 12.4. The summed E-state index contributed by atoms with van der Waals surface area (Å²) < 4.78 is 0. The normalized spacial score (nSPS) is 22.9. The Kier molecular flexibility index (Phi) is 4.13. The van der Waals surface area contributed by atoms with E-state index < -0.39 is 0 Å². The van der Waals surface area contributed by atoms with Crippen LogP contribution in [0.4, 0.5) is 5.82 Å². The molecule has 0 amide bonds. The molecular formula is C21H23N5O. The zero-order chi connectivity index (χ0) is 18.2. The molecule has 6 nitrogen and oxygen atoms in total. The molecule has 3 fully saturated rings. The molecule has 0 spiro atoms. The van der Waals surface area contributed by atoms with Gasteiger partial charge in [-0.2, -0.15) is 0 Å². The third kappa shape index (κ3) is 3.21. The number of anilines is 1. The van der Waals surface area contributed by atoms with Crippen molar-refractivity contribution in [3.63, 3.8) is 0 Å². The molecule has 27 heavy (non-hydrogen) atoms. The van der Waals surface area contributed by atoms with Gasteiger partial charge >= 0.3 is 0 Å². The highest BCUT2D eigenvalue weighted by atomic mass is 16.1. The Bertz CT molecular complexity index is 1000. The van der Waals surface area contributed by atoms with Crippen molar-refractivity contribution >= 4 is 16.7 Å². The van der Waals surface area contributed by atoms with Gasteiger partial charge in [-0.25, -0.2) is 4.98 Å². The van der Waals surface area contributed by atoms with Crippen LogP contribution in [-0.4, -0.2) is 45.5 Å². The van der Waals surface area contributed by atoms with Gasteiger partial charge in [0, 0.05) is 67.3 Å². The van der Waals surface area contributed by atoms with E-state index in [9.17, 15) is 4.79 Å². The second-order valence-corrected chi connectivity index (χ2v) is 7.70. The molecule has 1 aromatic carbocycles. The average Bonchev–Trinajstić information content (AvgIpc) is 3.01. The Morgan fingerprint density at radius 3 is 2.93 bits per heavy atom. The van der Waals surface area contributed by atoms with Gasteiger partial charge in [-0.3, -0.25) is 14.7 Å². The van der Waals surface area contributed by atoms with E-state index in [1.165, 1.54) is 12.8 Å². The lowest BCUT2D eigenvalue weighted by molar-refractivity contribution is 0.125. The summed E-state index contributed by atoms with van der Waals surface area (Å²) in [6.45, 7) is 3.85. The summed E-state index contributed by atoms with van der Waals surface area (Å²) in [5, 5.41) is 0.757. The average molecular weight is 361 g/mol. The predicted octanol–water partition coefficient (Wildman–Crippen LogP) is 2.42. The molecule has 138 valence electrons. The number of nitrogens with zero attached hydrogens (tertiary/aromatic N) is 4. The number of benzene rings is 1. The Morgan fingerprint density at radius 1 is 1.11 bits per heavy atom. The van der Waals surface area contributed by atoms with Gasteiger partial charge in [-0.15, -0.1) is 0 Å². The third-order valence-corrected chi connectivity index (χ3v) is 5.87. The van der Waals surface area contributed by atoms with Crippen LogP contribution >= 0.6 is 0 Å². The van der Waals surface area contributed by atoms with Gasteiger partial charge in [-0.1, -0.05) is 12.1 Å². The highest BCUT2D eigenvalue weighted by Crippen LogP contribution is 2.30. The van der Waals surface area contributed by atoms with E-state index in [-0.39, 0.29) is 5.43 Å². The number of aromatic amines is 1. The third-order valence-electron chi connectivity index (χ3n) is 5.87. The maximum Gasteiger partial charge on any atom is 0.189 e. The van der Waals surface area contributed by atoms with E-state index in [0.717, 1.165) is 48.6 Å². The fourth-order valence-electron chi connectivity index (χ4n) is 4.57. The molecule has 0 aliphatic carbocycles. The number of para-hydroxylation sites is 1. The lowest BCUT2D eigenvalue weighted by Crippen LogP contribution is -2.43. The second-order valence-electron chi connectivity index (χ2n) is 7.70. The zero-order valence-corrected chi connectivity index (χ0v) is 15.2. The minimum atomic E-state index is 0.0977. The van der Waals surface area contributed by atoms with Crippen molar-refractivity contribution in [1.29, 1.82) is 0 Å². The number of H-pyrrole nitrogens is 1. The number of hydrogen-bond donors (Lipinski definition) is 1. The van der Waals surface area contributed by atoms with Gasteiger partial charge in [0.05, 0.1) is 6.20 Å². The topological polar surface area (TPSA) is 65.1 Å². The number of rotatable bonds is 3. The summed E-state index contributed by atoms with van der Waals surface area (Å²) in [5.41, 5.74) is 2.01. The number of piperidine rings is 1. The summed E-state index contributed by atoms with van der Waals surface area (Å²) in [7, 11) is 0. The van der Waals surface area contributed by atoms with Crippen LogP contribution in [0, 0.1) is 5.92 Å². The van der Waals surface area contributed by atoms with Crippen molar-refractivity contribution < 1.29 is 0 Å². The molecule has 2 atom stereocenters. The molecule has 3 aromatic rings. The molecule has 2 aromatic heterocycles. The van der Waals surface area contributed by atoms with Gasteiger partial charge < -0.3 is 9.88 Å². The predicted molar refractivity (Wildman–Crippen MR) is 106 cm³/mol. The molecule has 0 radical (unpaired) electrons. The van der Waals surface area contributed by atoms with E-state index in [1.54, 1.807) is 18.5 Å². The fourth-order valence-corrected chi connectivity index (χ4v) is 4.57. The lowest BCUT2D eigenvalue weighted by Gasteiger charge is -2.35. The van der Waals surface area contributed by atoms with Gasteiger partial charge in [0.1, 0.15) is 5.82 Å². The second kappa shape index (κ2) is 6.78. The number of nitrogens with one attached hydrogen (secondary N) is 1. The van der Waals surface area contributed by atoms with Crippen LogP contribution < -0.4 is 10.3 Å². The van der Waals surface area contributed by atoms with Crippen LogP contribution in [0.1, 0.15) is 18.5 Å². The van der Waals surface area contributed by atoms with E-state index in [0.29, 0.717) is 12.0 Å². The zero-order valence-electron chi connectivity index (χ0n) is 15.2. The fraction of sp³-hybridized carbons (Fsp3) is 0.381. The van der Waals surface area contributed by atoms with Crippen molar-refractivity contribution in [2.45, 2.75) is 25.4 Å². The van der Waals surface area contributed by atoms with Crippen LogP contribution in [-0.2, 0) is 6.54 Å². The van der Waals surface area contributed by atoms with Crippen LogP contribution in [0.2, 0.25) is 0 Å². The van der Waals surface area contributed by atoms with Crippen molar-refractivity contribution in [1.82, 2.24) is 19.9 Å². The largest absolute Gasteiger partial charge is 0.357 e. The van der Waals surface area contributed by atoms with Crippen LogP contribution in [0.25, 0.3) is 10.9 Å². The van der Waals surface area contributed by atoms with Gasteiger partial charge in [0.25, 0.3) is 0 Å². The van der Waals surface area contributed by atoms with E-state index in [1.807, 2.05) is 30.5 Å². The van der Waals surface area contributed by atoms with E-state index >= 15 is 0 Å². The summed E-state index contributed by atoms with van der Waals surface area (Å²) >= 11 is 0. The molecule has 6 rings (SSSR count). The SMILES string of the molecule is O=c1cc(CN2C[C@H]3CC[C@@H]2CN(c2cnccn2)C3)[nH]c2ccccc12. The van der Waals surface area contributed by atoms with Crippen molar-refractivity contribution in [2.75, 3.05) is 24.5 Å². The molecule has 2 bridgehead atoms. The van der Waals surface area contributed by atoms with Gasteiger partial charge in [-0.05, 0) is 30.9 Å². The summed E-state index contributed by atoms with van der Waals surface area (Å²) in [4.78, 5) is 29.5. The molecule has 5 heterocycles. The Morgan fingerprint density at radius 2 is 2.04 bits per heavy atom. The Hall–Kier alpha value is -2.73. The van der Waals surface area contributed by atoms with Gasteiger partial charge in [0.15, 0.2) is 5.43 Å². The minimum Gasteiger partial charge on any atom is -0.357 e. The molecule has 3 aliphatic heterocycles. The maximum absolute atomic E-state index is 12.4. The summed E-state index contributed by atoms with van der Waals surface area (Å²) in [5.74, 6) is 1.59. The first-order valence-corrected chi connectivity index (χ1v) is 9.62. The van der Waals surface area contributed by atoms with Crippen molar-refractivity contribution in [3.05, 3.63) is 64.8 Å². The molecular weight excluding hydrogens is 338 g/mol. The standard InChI is InChI=1S/C21H23N5O/c27-20-9-16(24-19-4-2-1-3-18(19)20)13-25-11-15-5-6-17(25)14-26(12-15)21-10-22-7-8-23-21/h1-4,7-10,15,17H,5-6,11-14H2,(H,24,27)/t15-,17-/m1/s1. The first kappa shape index (κ1) is 16.4. The van der Waals surface area contributed by atoms with E-state index in [4.69, 9.17) is 0 Å². The quantitative estimate of drug-likeness (QED) is 0.776. The molecule has 6 heteroatoms. The van der Waals surface area contributed by atoms with Gasteiger partial charge in [0.2, 0.25) is 0 Å². The van der Waals surface area contributed by atoms with Crippen molar-refractivity contribution in [3.8, 4) is 0 Å².